The number of aromatic nitrogens is 1. The predicted molar refractivity (Wildman–Crippen MR) is 59.0 cm³/mol. The van der Waals surface area contributed by atoms with E-state index in [2.05, 4.69) is 19.0 Å². The minimum atomic E-state index is 0.259. The summed E-state index contributed by atoms with van der Waals surface area (Å²) >= 11 is 0. The topological polar surface area (TPSA) is 46.3 Å². The molecule has 0 aliphatic rings. The molecule has 15 heavy (non-hydrogen) atoms. The van der Waals surface area contributed by atoms with E-state index in [9.17, 15) is 5.11 Å². The monoisotopic (exact) mass is 205 g/mol. The van der Waals surface area contributed by atoms with Gasteiger partial charge >= 0.3 is 0 Å². The second kappa shape index (κ2) is 3.57. The Hall–Kier alpha value is -1.51. The molecule has 0 bridgehead atoms. The third-order valence-corrected chi connectivity index (χ3v) is 2.46. The normalized spacial score (nSPS) is 11.5. The first-order valence-corrected chi connectivity index (χ1v) is 5.16. The number of benzene rings is 1. The van der Waals surface area contributed by atoms with Crippen molar-refractivity contribution in [3.05, 3.63) is 23.4 Å². The number of rotatable bonds is 2. The number of hydrogen-bond acceptors (Lipinski definition) is 3. The second-order valence-corrected chi connectivity index (χ2v) is 4.36. The Kier molecular flexibility index (Phi) is 2.39. The molecule has 0 atom stereocenters. The number of aromatic hydroxyl groups is 1. The van der Waals surface area contributed by atoms with Gasteiger partial charge in [-0.1, -0.05) is 19.0 Å². The Morgan fingerprint density at radius 3 is 2.80 bits per heavy atom. The molecule has 3 heteroatoms. The molecule has 2 aromatic rings. The van der Waals surface area contributed by atoms with Crippen LogP contribution in [0.1, 0.15) is 25.1 Å². The molecule has 80 valence electrons. The van der Waals surface area contributed by atoms with E-state index >= 15 is 0 Å². The molecule has 0 unspecified atom stereocenters. The molecule has 0 spiro atoms. The molecule has 0 saturated carbocycles. The van der Waals surface area contributed by atoms with Gasteiger partial charge in [0.2, 0.25) is 0 Å². The molecule has 0 aliphatic heterocycles. The quantitative estimate of drug-likeness (QED) is 0.819. The van der Waals surface area contributed by atoms with Crippen molar-refractivity contribution in [2.75, 3.05) is 0 Å². The number of phenolic OH excluding ortho intramolecular Hbond substituents is 1. The minimum Gasteiger partial charge on any atom is -0.508 e. The lowest BCUT2D eigenvalue weighted by Gasteiger charge is -2.01. The van der Waals surface area contributed by atoms with Crippen LogP contribution in [-0.2, 0) is 6.42 Å². The standard InChI is InChI=1S/C12H15NO2/c1-7(2)4-10-9-5-8(3)11(14)6-12(9)15-13-10/h5-7,14H,4H2,1-3H3. The van der Waals surface area contributed by atoms with Gasteiger partial charge in [0.15, 0.2) is 5.58 Å². The molecule has 0 amide bonds. The Morgan fingerprint density at radius 1 is 1.40 bits per heavy atom. The molecule has 0 fully saturated rings. The fourth-order valence-corrected chi connectivity index (χ4v) is 1.67. The summed E-state index contributed by atoms with van der Waals surface area (Å²) in [7, 11) is 0. The first-order valence-electron chi connectivity index (χ1n) is 5.16. The van der Waals surface area contributed by atoms with Gasteiger partial charge in [0.05, 0.1) is 5.69 Å². The molecule has 1 aromatic heterocycles. The number of aryl methyl sites for hydroxylation is 1. The Balaban J connectivity index is 2.54. The van der Waals surface area contributed by atoms with Gasteiger partial charge < -0.3 is 9.63 Å². The minimum absolute atomic E-state index is 0.259. The van der Waals surface area contributed by atoms with Gasteiger partial charge in [-0.3, -0.25) is 0 Å². The van der Waals surface area contributed by atoms with E-state index in [1.807, 2.05) is 13.0 Å². The molecule has 0 aliphatic carbocycles. The third kappa shape index (κ3) is 1.82. The van der Waals surface area contributed by atoms with Crippen molar-refractivity contribution in [1.82, 2.24) is 5.16 Å². The lowest BCUT2D eigenvalue weighted by Crippen LogP contribution is -1.94. The van der Waals surface area contributed by atoms with Crippen LogP contribution in [0, 0.1) is 12.8 Å². The van der Waals surface area contributed by atoms with E-state index in [1.165, 1.54) is 0 Å². The molecule has 3 nitrogen and oxygen atoms in total. The smallest absolute Gasteiger partial charge is 0.170 e. The van der Waals surface area contributed by atoms with Crippen LogP contribution in [0.5, 0.6) is 5.75 Å². The van der Waals surface area contributed by atoms with Gasteiger partial charge in [-0.05, 0) is 30.9 Å². The zero-order valence-electron chi connectivity index (χ0n) is 9.24. The van der Waals surface area contributed by atoms with Crippen molar-refractivity contribution in [2.24, 2.45) is 5.92 Å². The highest BCUT2D eigenvalue weighted by Crippen LogP contribution is 2.27. The molecule has 0 saturated heterocycles. The van der Waals surface area contributed by atoms with Crippen LogP contribution in [0.25, 0.3) is 11.0 Å². The highest BCUT2D eigenvalue weighted by atomic mass is 16.5. The predicted octanol–water partition coefficient (Wildman–Crippen LogP) is 3.04. The van der Waals surface area contributed by atoms with Crippen LogP contribution in [0.4, 0.5) is 0 Å². The summed E-state index contributed by atoms with van der Waals surface area (Å²) in [5.74, 6) is 0.808. The van der Waals surface area contributed by atoms with E-state index < -0.39 is 0 Å². The van der Waals surface area contributed by atoms with Crippen molar-refractivity contribution in [2.45, 2.75) is 27.2 Å². The fraction of sp³-hybridized carbons (Fsp3) is 0.417. The molecule has 1 aromatic carbocycles. The summed E-state index contributed by atoms with van der Waals surface area (Å²) in [6, 6.07) is 3.56. The van der Waals surface area contributed by atoms with E-state index in [-0.39, 0.29) is 5.75 Å². The van der Waals surface area contributed by atoms with E-state index in [0.717, 1.165) is 23.1 Å². The van der Waals surface area contributed by atoms with Crippen molar-refractivity contribution in [3.63, 3.8) is 0 Å². The maximum Gasteiger partial charge on any atom is 0.170 e. The van der Waals surface area contributed by atoms with E-state index in [4.69, 9.17) is 4.52 Å². The molecular weight excluding hydrogens is 190 g/mol. The van der Waals surface area contributed by atoms with Gasteiger partial charge in [0, 0.05) is 11.5 Å². The highest BCUT2D eigenvalue weighted by Gasteiger charge is 2.11. The molecule has 1 N–H and O–H groups in total. The number of phenols is 1. The van der Waals surface area contributed by atoms with Gasteiger partial charge in [-0.25, -0.2) is 0 Å². The first-order chi connectivity index (χ1) is 7.08. The van der Waals surface area contributed by atoms with Crippen molar-refractivity contribution >= 4 is 11.0 Å². The molecular formula is C12H15NO2. The number of hydrogen-bond donors (Lipinski definition) is 1. The SMILES string of the molecule is Cc1cc2c(CC(C)C)noc2cc1O. The molecule has 1 heterocycles. The van der Waals surface area contributed by atoms with Crippen LogP contribution < -0.4 is 0 Å². The average molecular weight is 205 g/mol. The van der Waals surface area contributed by atoms with Crippen LogP contribution in [0.15, 0.2) is 16.7 Å². The van der Waals surface area contributed by atoms with E-state index in [0.29, 0.717) is 11.5 Å². The number of nitrogens with zero attached hydrogens (tertiary/aromatic N) is 1. The Labute approximate surface area is 88.7 Å². The molecule has 0 radical (unpaired) electrons. The van der Waals surface area contributed by atoms with E-state index in [1.54, 1.807) is 6.07 Å². The number of fused-ring (bicyclic) bond motifs is 1. The van der Waals surface area contributed by atoms with Crippen LogP contribution in [-0.4, -0.2) is 10.3 Å². The lowest BCUT2D eigenvalue weighted by molar-refractivity contribution is 0.434. The Morgan fingerprint density at radius 2 is 2.13 bits per heavy atom. The fourth-order valence-electron chi connectivity index (χ4n) is 1.67. The second-order valence-electron chi connectivity index (χ2n) is 4.36. The summed E-state index contributed by atoms with van der Waals surface area (Å²) in [6.07, 6.45) is 0.900. The zero-order valence-corrected chi connectivity index (χ0v) is 9.24. The lowest BCUT2D eigenvalue weighted by atomic mass is 10.0. The summed E-state index contributed by atoms with van der Waals surface area (Å²) in [5, 5.41) is 14.6. The highest BCUT2D eigenvalue weighted by molar-refractivity contribution is 5.82. The molecule has 2 rings (SSSR count). The summed E-state index contributed by atoms with van der Waals surface area (Å²) in [6.45, 7) is 6.17. The summed E-state index contributed by atoms with van der Waals surface area (Å²) in [5.41, 5.74) is 2.49. The van der Waals surface area contributed by atoms with Gasteiger partial charge in [0.1, 0.15) is 5.75 Å². The van der Waals surface area contributed by atoms with Crippen LogP contribution in [0.3, 0.4) is 0 Å². The summed E-state index contributed by atoms with van der Waals surface area (Å²) < 4.78 is 5.18. The summed E-state index contributed by atoms with van der Waals surface area (Å²) in [4.78, 5) is 0. The average Bonchev–Trinajstić information content (AvgIpc) is 2.49. The largest absolute Gasteiger partial charge is 0.508 e. The van der Waals surface area contributed by atoms with Crippen molar-refractivity contribution in [1.29, 1.82) is 0 Å². The Bertz CT molecular complexity index is 486. The van der Waals surface area contributed by atoms with Crippen molar-refractivity contribution < 1.29 is 9.63 Å². The van der Waals surface area contributed by atoms with Crippen LogP contribution in [0.2, 0.25) is 0 Å². The first kappa shape index (κ1) is 10.0. The van der Waals surface area contributed by atoms with Crippen LogP contribution >= 0.6 is 0 Å². The van der Waals surface area contributed by atoms with Gasteiger partial charge in [0.25, 0.3) is 0 Å². The van der Waals surface area contributed by atoms with Crippen molar-refractivity contribution in [3.8, 4) is 5.75 Å². The maximum atomic E-state index is 9.52. The third-order valence-electron chi connectivity index (χ3n) is 2.46. The maximum absolute atomic E-state index is 9.52. The van der Waals surface area contributed by atoms with Gasteiger partial charge in [-0.2, -0.15) is 0 Å². The zero-order chi connectivity index (χ0) is 11.0. The van der Waals surface area contributed by atoms with Gasteiger partial charge in [-0.15, -0.1) is 0 Å².